The molecule has 1 aromatic carbocycles. The van der Waals surface area contributed by atoms with E-state index >= 15 is 0 Å². The van der Waals surface area contributed by atoms with Crippen molar-refractivity contribution in [3.05, 3.63) is 53.7 Å². The number of fused-ring (bicyclic) bond motifs is 1. The summed E-state index contributed by atoms with van der Waals surface area (Å²) in [5.41, 5.74) is 3.55. The van der Waals surface area contributed by atoms with Crippen molar-refractivity contribution in [3.63, 3.8) is 0 Å². The third kappa shape index (κ3) is 3.26. The SMILES string of the molecule is O=C(Nc1ccc2c(c1)CN(C1CCCC1)C2)Nc1ccccn1. The van der Waals surface area contributed by atoms with E-state index in [1.165, 1.54) is 36.8 Å². The second kappa shape index (κ2) is 6.61. The number of nitrogens with zero attached hydrogens (tertiary/aromatic N) is 2. The first-order valence-corrected chi connectivity index (χ1v) is 8.63. The van der Waals surface area contributed by atoms with Crippen LogP contribution >= 0.6 is 0 Å². The third-order valence-corrected chi connectivity index (χ3v) is 4.96. The van der Waals surface area contributed by atoms with Crippen LogP contribution in [0.4, 0.5) is 16.3 Å². The molecule has 2 heterocycles. The number of carbonyl (C=O) groups excluding carboxylic acids is 1. The van der Waals surface area contributed by atoms with E-state index in [2.05, 4.69) is 32.7 Å². The number of nitrogens with one attached hydrogen (secondary N) is 2. The van der Waals surface area contributed by atoms with Gasteiger partial charge in [0.25, 0.3) is 0 Å². The summed E-state index contributed by atoms with van der Waals surface area (Å²) in [5.74, 6) is 0.545. The molecule has 0 radical (unpaired) electrons. The van der Waals surface area contributed by atoms with E-state index in [0.29, 0.717) is 5.82 Å². The first-order chi connectivity index (χ1) is 11.8. The van der Waals surface area contributed by atoms with Gasteiger partial charge < -0.3 is 5.32 Å². The second-order valence-electron chi connectivity index (χ2n) is 6.62. The van der Waals surface area contributed by atoms with Gasteiger partial charge in [0.1, 0.15) is 5.82 Å². The number of carbonyl (C=O) groups is 1. The molecule has 0 unspecified atom stereocenters. The van der Waals surface area contributed by atoms with E-state index in [0.717, 1.165) is 24.8 Å². The first kappa shape index (κ1) is 15.1. The smallest absolute Gasteiger partial charge is 0.308 e. The van der Waals surface area contributed by atoms with Crippen molar-refractivity contribution in [3.8, 4) is 0 Å². The summed E-state index contributed by atoms with van der Waals surface area (Å²) in [5, 5.41) is 5.64. The van der Waals surface area contributed by atoms with E-state index < -0.39 is 0 Å². The topological polar surface area (TPSA) is 57.3 Å². The summed E-state index contributed by atoms with van der Waals surface area (Å²) in [6.45, 7) is 2.04. The van der Waals surface area contributed by atoms with Crippen molar-refractivity contribution in [1.29, 1.82) is 0 Å². The molecule has 124 valence electrons. The molecular weight excluding hydrogens is 300 g/mol. The average Bonchev–Trinajstić information content (AvgIpc) is 3.24. The Labute approximate surface area is 142 Å². The number of aromatic nitrogens is 1. The zero-order chi connectivity index (χ0) is 16.4. The van der Waals surface area contributed by atoms with Crippen LogP contribution in [0.25, 0.3) is 0 Å². The monoisotopic (exact) mass is 322 g/mol. The van der Waals surface area contributed by atoms with E-state index in [1.807, 2.05) is 18.2 Å². The fourth-order valence-corrected chi connectivity index (χ4v) is 3.74. The molecule has 1 fully saturated rings. The minimum atomic E-state index is -0.265. The summed E-state index contributed by atoms with van der Waals surface area (Å²) in [7, 11) is 0. The molecule has 1 aromatic heterocycles. The van der Waals surface area contributed by atoms with Gasteiger partial charge in [0.2, 0.25) is 0 Å². The highest BCUT2D eigenvalue weighted by atomic mass is 16.2. The quantitative estimate of drug-likeness (QED) is 0.898. The number of urea groups is 1. The number of hydrogen-bond donors (Lipinski definition) is 2. The molecule has 0 bridgehead atoms. The lowest BCUT2D eigenvalue weighted by molar-refractivity contribution is 0.202. The molecule has 0 spiro atoms. The fourth-order valence-electron chi connectivity index (χ4n) is 3.74. The van der Waals surface area contributed by atoms with Gasteiger partial charge in [-0.25, -0.2) is 9.78 Å². The van der Waals surface area contributed by atoms with Crippen molar-refractivity contribution in [1.82, 2.24) is 9.88 Å². The molecule has 5 nitrogen and oxygen atoms in total. The average molecular weight is 322 g/mol. The predicted molar refractivity (Wildman–Crippen MR) is 94.8 cm³/mol. The lowest BCUT2D eigenvalue weighted by Crippen LogP contribution is -2.27. The molecule has 1 saturated carbocycles. The van der Waals surface area contributed by atoms with E-state index in [1.54, 1.807) is 12.3 Å². The van der Waals surface area contributed by atoms with Crippen LogP contribution in [0.2, 0.25) is 0 Å². The largest absolute Gasteiger partial charge is 0.324 e. The van der Waals surface area contributed by atoms with Crippen LogP contribution in [-0.2, 0) is 13.1 Å². The van der Waals surface area contributed by atoms with Crippen LogP contribution in [-0.4, -0.2) is 22.0 Å². The normalized spacial score (nSPS) is 17.7. The summed E-state index contributed by atoms with van der Waals surface area (Å²) in [6, 6.07) is 12.1. The van der Waals surface area contributed by atoms with Gasteiger partial charge in [-0.1, -0.05) is 25.0 Å². The molecule has 0 saturated heterocycles. The summed E-state index contributed by atoms with van der Waals surface area (Å²) in [4.78, 5) is 18.8. The van der Waals surface area contributed by atoms with Crippen LogP contribution in [0.15, 0.2) is 42.6 Å². The number of amides is 2. The molecule has 1 aliphatic heterocycles. The molecule has 2 aliphatic rings. The number of hydrogen-bond acceptors (Lipinski definition) is 3. The van der Waals surface area contributed by atoms with Crippen LogP contribution < -0.4 is 10.6 Å². The molecule has 24 heavy (non-hydrogen) atoms. The summed E-state index contributed by atoms with van der Waals surface area (Å²) >= 11 is 0. The predicted octanol–water partition coefficient (Wildman–Crippen LogP) is 3.98. The van der Waals surface area contributed by atoms with E-state index in [9.17, 15) is 4.79 Å². The highest BCUT2D eigenvalue weighted by Crippen LogP contribution is 2.32. The van der Waals surface area contributed by atoms with Crippen molar-refractivity contribution >= 4 is 17.5 Å². The van der Waals surface area contributed by atoms with Gasteiger partial charge in [-0.3, -0.25) is 10.2 Å². The van der Waals surface area contributed by atoms with Crippen molar-refractivity contribution < 1.29 is 4.79 Å². The lowest BCUT2D eigenvalue weighted by atomic mass is 10.1. The van der Waals surface area contributed by atoms with Gasteiger partial charge in [0.05, 0.1) is 0 Å². The van der Waals surface area contributed by atoms with Gasteiger partial charge in [-0.15, -0.1) is 0 Å². The maximum absolute atomic E-state index is 12.1. The molecular formula is C19H22N4O. The second-order valence-corrected chi connectivity index (χ2v) is 6.62. The maximum Gasteiger partial charge on any atom is 0.324 e. The Balaban J connectivity index is 1.39. The maximum atomic E-state index is 12.1. The summed E-state index contributed by atoms with van der Waals surface area (Å²) < 4.78 is 0. The van der Waals surface area contributed by atoms with Gasteiger partial charge in [-0.2, -0.15) is 0 Å². The van der Waals surface area contributed by atoms with Gasteiger partial charge >= 0.3 is 6.03 Å². The van der Waals surface area contributed by atoms with Crippen molar-refractivity contribution in [2.45, 2.75) is 44.8 Å². The zero-order valence-corrected chi connectivity index (χ0v) is 13.7. The Hall–Kier alpha value is -2.40. The fraction of sp³-hybridized carbons (Fsp3) is 0.368. The number of rotatable bonds is 3. The molecule has 5 heteroatoms. The van der Waals surface area contributed by atoms with Gasteiger partial charge in [0.15, 0.2) is 0 Å². The van der Waals surface area contributed by atoms with Crippen LogP contribution in [0.5, 0.6) is 0 Å². The minimum absolute atomic E-state index is 0.265. The highest BCUT2D eigenvalue weighted by molar-refractivity contribution is 5.99. The molecule has 0 atom stereocenters. The van der Waals surface area contributed by atoms with E-state index in [4.69, 9.17) is 0 Å². The lowest BCUT2D eigenvalue weighted by Gasteiger charge is -2.22. The molecule has 2 amide bonds. The Morgan fingerprint density at radius 3 is 2.67 bits per heavy atom. The zero-order valence-electron chi connectivity index (χ0n) is 13.7. The molecule has 4 rings (SSSR count). The third-order valence-electron chi connectivity index (χ3n) is 4.96. The minimum Gasteiger partial charge on any atom is -0.308 e. The Kier molecular flexibility index (Phi) is 4.17. The number of anilines is 2. The highest BCUT2D eigenvalue weighted by Gasteiger charge is 2.28. The van der Waals surface area contributed by atoms with Crippen LogP contribution in [0.3, 0.4) is 0 Å². The van der Waals surface area contributed by atoms with Crippen LogP contribution in [0.1, 0.15) is 36.8 Å². The Bertz CT molecular complexity index is 725. The van der Waals surface area contributed by atoms with Crippen LogP contribution in [0, 0.1) is 0 Å². The van der Waals surface area contributed by atoms with Crippen molar-refractivity contribution in [2.75, 3.05) is 10.6 Å². The Morgan fingerprint density at radius 2 is 1.88 bits per heavy atom. The van der Waals surface area contributed by atoms with E-state index in [-0.39, 0.29) is 6.03 Å². The van der Waals surface area contributed by atoms with Gasteiger partial charge in [-0.05, 0) is 48.2 Å². The molecule has 1 aliphatic carbocycles. The number of pyridine rings is 1. The van der Waals surface area contributed by atoms with Crippen molar-refractivity contribution in [2.24, 2.45) is 0 Å². The number of benzene rings is 1. The Morgan fingerprint density at radius 1 is 1.04 bits per heavy atom. The molecule has 2 N–H and O–H groups in total. The summed E-state index contributed by atoms with van der Waals surface area (Å²) in [6.07, 6.45) is 7.02. The van der Waals surface area contributed by atoms with Gasteiger partial charge in [0, 0.05) is 31.0 Å². The first-order valence-electron chi connectivity index (χ1n) is 8.63. The molecule has 2 aromatic rings. The standard InChI is InChI=1S/C19H22N4O/c24-19(22-18-7-3-4-10-20-18)21-16-9-8-14-12-23(13-15(14)11-16)17-5-1-2-6-17/h3-4,7-11,17H,1-2,5-6,12-13H2,(H2,20,21,22,24).